The van der Waals surface area contributed by atoms with Crippen molar-refractivity contribution in [2.24, 2.45) is 5.41 Å². The molecule has 4 heterocycles. The van der Waals surface area contributed by atoms with Gasteiger partial charge in [0.15, 0.2) is 5.13 Å². The van der Waals surface area contributed by atoms with Gasteiger partial charge in [-0.2, -0.15) is 0 Å². The standard InChI is InChI=1S/C16H21N5OS/c1-3-16(12-21(7-1)15-19-6-10-23-15)11-20(8-9-22-13-16)14-17-4-2-5-18-14/h2,4-6,10H,1,3,7-9,11-13H2. The van der Waals surface area contributed by atoms with Crippen molar-refractivity contribution in [2.75, 3.05) is 49.2 Å². The highest BCUT2D eigenvalue weighted by Crippen LogP contribution is 2.36. The molecule has 0 amide bonds. The molecule has 0 aliphatic carbocycles. The summed E-state index contributed by atoms with van der Waals surface area (Å²) >= 11 is 1.71. The Labute approximate surface area is 140 Å². The summed E-state index contributed by atoms with van der Waals surface area (Å²) in [6, 6.07) is 1.86. The molecule has 2 saturated heterocycles. The second kappa shape index (κ2) is 6.41. The Bertz CT molecular complexity index is 623. The minimum absolute atomic E-state index is 0.125. The van der Waals surface area contributed by atoms with Gasteiger partial charge >= 0.3 is 0 Å². The normalized spacial score (nSPS) is 25.6. The minimum atomic E-state index is 0.125. The van der Waals surface area contributed by atoms with Crippen molar-refractivity contribution in [3.63, 3.8) is 0 Å². The lowest BCUT2D eigenvalue weighted by Crippen LogP contribution is -2.51. The molecule has 122 valence electrons. The molecule has 0 aromatic carbocycles. The second-order valence-corrected chi connectivity index (χ2v) is 7.24. The van der Waals surface area contributed by atoms with E-state index in [4.69, 9.17) is 4.74 Å². The third kappa shape index (κ3) is 3.16. The average Bonchev–Trinajstić information content (AvgIpc) is 3.06. The van der Waals surface area contributed by atoms with Crippen molar-refractivity contribution in [3.8, 4) is 0 Å². The van der Waals surface area contributed by atoms with Gasteiger partial charge in [0, 0.05) is 55.6 Å². The van der Waals surface area contributed by atoms with Crippen molar-refractivity contribution in [2.45, 2.75) is 12.8 Å². The summed E-state index contributed by atoms with van der Waals surface area (Å²) in [5.74, 6) is 0.809. The van der Waals surface area contributed by atoms with Gasteiger partial charge in [-0.15, -0.1) is 11.3 Å². The lowest BCUT2D eigenvalue weighted by Gasteiger charge is -2.43. The van der Waals surface area contributed by atoms with Crippen molar-refractivity contribution in [1.82, 2.24) is 15.0 Å². The molecule has 6 nitrogen and oxygen atoms in total. The highest BCUT2D eigenvalue weighted by atomic mass is 32.1. The first-order valence-electron chi connectivity index (χ1n) is 8.09. The van der Waals surface area contributed by atoms with Gasteiger partial charge < -0.3 is 14.5 Å². The van der Waals surface area contributed by atoms with Gasteiger partial charge in [0.25, 0.3) is 0 Å². The molecule has 23 heavy (non-hydrogen) atoms. The highest BCUT2D eigenvalue weighted by molar-refractivity contribution is 7.13. The summed E-state index contributed by atoms with van der Waals surface area (Å²) in [5, 5.41) is 3.17. The molecule has 1 atom stereocenters. The number of anilines is 2. The third-order valence-electron chi connectivity index (χ3n) is 4.63. The summed E-state index contributed by atoms with van der Waals surface area (Å²) in [6.07, 6.45) is 7.85. The van der Waals surface area contributed by atoms with Crippen LogP contribution in [0.4, 0.5) is 11.1 Å². The summed E-state index contributed by atoms with van der Waals surface area (Å²) in [7, 11) is 0. The van der Waals surface area contributed by atoms with E-state index in [1.54, 1.807) is 11.3 Å². The van der Waals surface area contributed by atoms with E-state index in [0.717, 1.165) is 50.5 Å². The van der Waals surface area contributed by atoms with E-state index in [-0.39, 0.29) is 5.41 Å². The number of nitrogens with zero attached hydrogens (tertiary/aromatic N) is 5. The van der Waals surface area contributed by atoms with E-state index >= 15 is 0 Å². The SMILES string of the molecule is c1cnc(N2CCOCC3(CCCN(c4nccs4)C3)C2)nc1. The van der Waals surface area contributed by atoms with Crippen molar-refractivity contribution < 1.29 is 4.74 Å². The Morgan fingerprint density at radius 2 is 1.91 bits per heavy atom. The van der Waals surface area contributed by atoms with E-state index in [0.29, 0.717) is 0 Å². The highest BCUT2D eigenvalue weighted by Gasteiger charge is 2.40. The molecule has 2 fully saturated rings. The number of ether oxygens (including phenoxy) is 1. The van der Waals surface area contributed by atoms with E-state index in [9.17, 15) is 0 Å². The van der Waals surface area contributed by atoms with Crippen LogP contribution in [0.3, 0.4) is 0 Å². The van der Waals surface area contributed by atoms with Crippen LogP contribution in [-0.2, 0) is 4.74 Å². The van der Waals surface area contributed by atoms with Crippen molar-refractivity contribution in [3.05, 3.63) is 30.0 Å². The average molecular weight is 331 g/mol. The topological polar surface area (TPSA) is 54.4 Å². The van der Waals surface area contributed by atoms with Gasteiger partial charge in [0.05, 0.1) is 13.2 Å². The van der Waals surface area contributed by atoms with Crippen LogP contribution < -0.4 is 9.80 Å². The van der Waals surface area contributed by atoms with Crippen LogP contribution in [0.2, 0.25) is 0 Å². The first kappa shape index (κ1) is 14.8. The Morgan fingerprint density at radius 1 is 1.04 bits per heavy atom. The molecule has 2 aromatic rings. The summed E-state index contributed by atoms with van der Waals surface area (Å²) in [6.45, 7) is 5.40. The predicted octanol–water partition coefficient (Wildman–Crippen LogP) is 2.06. The van der Waals surface area contributed by atoms with E-state index < -0.39 is 0 Å². The van der Waals surface area contributed by atoms with Crippen LogP contribution in [0, 0.1) is 5.41 Å². The van der Waals surface area contributed by atoms with Crippen LogP contribution in [-0.4, -0.2) is 54.3 Å². The number of aromatic nitrogens is 3. The largest absolute Gasteiger partial charge is 0.379 e. The number of thiazole rings is 1. The summed E-state index contributed by atoms with van der Waals surface area (Å²) in [4.78, 5) is 18.0. The van der Waals surface area contributed by atoms with Crippen LogP contribution in [0.5, 0.6) is 0 Å². The van der Waals surface area contributed by atoms with Gasteiger partial charge in [-0.25, -0.2) is 15.0 Å². The molecule has 2 aliphatic heterocycles. The smallest absolute Gasteiger partial charge is 0.225 e. The maximum Gasteiger partial charge on any atom is 0.225 e. The summed E-state index contributed by atoms with van der Waals surface area (Å²) < 4.78 is 5.96. The fourth-order valence-corrected chi connectivity index (χ4v) is 4.28. The van der Waals surface area contributed by atoms with Crippen LogP contribution in [0.25, 0.3) is 0 Å². The second-order valence-electron chi connectivity index (χ2n) is 6.36. The molecule has 2 aliphatic rings. The quantitative estimate of drug-likeness (QED) is 0.839. The van der Waals surface area contributed by atoms with Gasteiger partial charge in [-0.05, 0) is 18.9 Å². The fourth-order valence-electron chi connectivity index (χ4n) is 3.61. The van der Waals surface area contributed by atoms with Gasteiger partial charge in [0.2, 0.25) is 5.95 Å². The maximum atomic E-state index is 5.96. The zero-order valence-corrected chi connectivity index (χ0v) is 13.9. The summed E-state index contributed by atoms with van der Waals surface area (Å²) in [5.41, 5.74) is 0.125. The monoisotopic (exact) mass is 331 g/mol. The molecule has 1 spiro atoms. The van der Waals surface area contributed by atoms with E-state index in [1.807, 2.05) is 30.0 Å². The Kier molecular flexibility index (Phi) is 4.13. The fraction of sp³-hybridized carbons (Fsp3) is 0.562. The molecular weight excluding hydrogens is 310 g/mol. The van der Waals surface area contributed by atoms with E-state index in [1.165, 1.54) is 12.8 Å². The molecule has 0 bridgehead atoms. The Balaban J connectivity index is 1.56. The zero-order chi connectivity index (χ0) is 15.5. The third-order valence-corrected chi connectivity index (χ3v) is 5.46. The number of rotatable bonds is 2. The Hall–Kier alpha value is -1.73. The van der Waals surface area contributed by atoms with E-state index in [2.05, 4.69) is 24.8 Å². The molecule has 0 radical (unpaired) electrons. The van der Waals surface area contributed by atoms with Crippen LogP contribution in [0.1, 0.15) is 12.8 Å². The predicted molar refractivity (Wildman–Crippen MR) is 91.1 cm³/mol. The lowest BCUT2D eigenvalue weighted by molar-refractivity contribution is 0.0598. The maximum absolute atomic E-state index is 5.96. The van der Waals surface area contributed by atoms with Crippen LogP contribution >= 0.6 is 11.3 Å². The van der Waals surface area contributed by atoms with Gasteiger partial charge in [-0.3, -0.25) is 0 Å². The molecule has 4 rings (SSSR count). The molecule has 0 saturated carbocycles. The molecule has 0 N–H and O–H groups in total. The molecule has 1 unspecified atom stereocenters. The first-order chi connectivity index (χ1) is 11.3. The van der Waals surface area contributed by atoms with Crippen molar-refractivity contribution >= 4 is 22.4 Å². The number of hydrogen-bond acceptors (Lipinski definition) is 7. The molecule has 2 aromatic heterocycles. The first-order valence-corrected chi connectivity index (χ1v) is 8.97. The number of piperidine rings is 1. The minimum Gasteiger partial charge on any atom is -0.379 e. The zero-order valence-electron chi connectivity index (χ0n) is 13.1. The molecule has 7 heteroatoms. The van der Waals surface area contributed by atoms with Gasteiger partial charge in [0.1, 0.15) is 0 Å². The Morgan fingerprint density at radius 3 is 2.74 bits per heavy atom. The number of hydrogen-bond donors (Lipinski definition) is 0. The lowest BCUT2D eigenvalue weighted by atomic mass is 9.80. The van der Waals surface area contributed by atoms with Gasteiger partial charge in [-0.1, -0.05) is 0 Å². The van der Waals surface area contributed by atoms with Crippen LogP contribution in [0.15, 0.2) is 30.0 Å². The van der Waals surface area contributed by atoms with Crippen molar-refractivity contribution in [1.29, 1.82) is 0 Å². The molecular formula is C16H21N5OS.